The smallest absolute Gasteiger partial charge is 0.0702 e. The second-order valence-corrected chi connectivity index (χ2v) is 5.66. The fourth-order valence-electron chi connectivity index (χ4n) is 3.48. The van der Waals surface area contributed by atoms with Crippen LogP contribution in [0.3, 0.4) is 0 Å². The molecule has 1 N–H and O–H groups in total. The molecular formula is C17H22N2. The third-order valence-electron chi connectivity index (χ3n) is 4.43. The van der Waals surface area contributed by atoms with E-state index in [1.165, 1.54) is 36.6 Å². The number of nitrogens with one attached hydrogen (secondary N) is 1. The van der Waals surface area contributed by atoms with Crippen LogP contribution < -0.4 is 5.32 Å². The van der Waals surface area contributed by atoms with Crippen molar-refractivity contribution in [2.75, 3.05) is 13.6 Å². The molecule has 0 spiro atoms. The molecule has 1 heterocycles. The maximum absolute atomic E-state index is 4.41. The summed E-state index contributed by atoms with van der Waals surface area (Å²) in [5.74, 6) is 1.50. The van der Waals surface area contributed by atoms with Crippen molar-refractivity contribution >= 4 is 10.9 Å². The topological polar surface area (TPSA) is 24.9 Å². The zero-order chi connectivity index (χ0) is 13.1. The van der Waals surface area contributed by atoms with E-state index in [0.29, 0.717) is 5.92 Å². The second-order valence-electron chi connectivity index (χ2n) is 5.66. The first-order valence-electron chi connectivity index (χ1n) is 7.38. The summed E-state index contributed by atoms with van der Waals surface area (Å²) in [5.41, 5.74) is 2.60. The molecule has 1 saturated carbocycles. The minimum Gasteiger partial charge on any atom is -0.319 e. The van der Waals surface area contributed by atoms with Gasteiger partial charge in [-0.3, -0.25) is 4.98 Å². The van der Waals surface area contributed by atoms with Gasteiger partial charge in [-0.25, -0.2) is 0 Å². The van der Waals surface area contributed by atoms with E-state index >= 15 is 0 Å². The zero-order valence-corrected chi connectivity index (χ0v) is 11.6. The molecule has 0 saturated heterocycles. The fraction of sp³-hybridized carbons (Fsp3) is 0.471. The Balaban J connectivity index is 1.92. The summed E-state index contributed by atoms with van der Waals surface area (Å²) in [6.45, 7) is 1.13. The summed E-state index contributed by atoms with van der Waals surface area (Å²) in [7, 11) is 2.07. The Kier molecular flexibility index (Phi) is 3.79. The van der Waals surface area contributed by atoms with Crippen LogP contribution in [0.1, 0.15) is 37.2 Å². The van der Waals surface area contributed by atoms with E-state index in [1.54, 1.807) is 0 Å². The highest BCUT2D eigenvalue weighted by Gasteiger charge is 2.25. The van der Waals surface area contributed by atoms with E-state index in [9.17, 15) is 0 Å². The van der Waals surface area contributed by atoms with Gasteiger partial charge in [-0.15, -0.1) is 0 Å². The van der Waals surface area contributed by atoms with Crippen LogP contribution in [-0.2, 0) is 0 Å². The molecule has 1 aromatic heterocycles. The molecule has 1 aliphatic rings. The van der Waals surface area contributed by atoms with Gasteiger partial charge in [0.05, 0.1) is 5.52 Å². The number of fused-ring (bicyclic) bond motifs is 1. The molecule has 0 radical (unpaired) electrons. The molecule has 19 heavy (non-hydrogen) atoms. The molecule has 2 heteroatoms. The molecule has 3 rings (SSSR count). The molecule has 0 aliphatic heterocycles. The summed E-state index contributed by atoms with van der Waals surface area (Å²) < 4.78 is 0. The largest absolute Gasteiger partial charge is 0.319 e. The zero-order valence-electron chi connectivity index (χ0n) is 11.6. The lowest BCUT2D eigenvalue weighted by Crippen LogP contribution is -2.27. The van der Waals surface area contributed by atoms with Gasteiger partial charge in [0.1, 0.15) is 0 Å². The van der Waals surface area contributed by atoms with Crippen LogP contribution in [0.15, 0.2) is 36.5 Å². The van der Waals surface area contributed by atoms with Gasteiger partial charge in [-0.05, 0) is 62.0 Å². The van der Waals surface area contributed by atoms with Crippen molar-refractivity contribution in [1.82, 2.24) is 10.3 Å². The molecule has 1 aliphatic carbocycles. The van der Waals surface area contributed by atoms with Gasteiger partial charge in [0.25, 0.3) is 0 Å². The van der Waals surface area contributed by atoms with Crippen LogP contribution in [0, 0.1) is 5.92 Å². The van der Waals surface area contributed by atoms with E-state index < -0.39 is 0 Å². The predicted molar refractivity (Wildman–Crippen MR) is 80.4 cm³/mol. The summed E-state index contributed by atoms with van der Waals surface area (Å²) in [6, 6.07) is 11.0. The lowest BCUT2D eigenvalue weighted by molar-refractivity contribution is 0.301. The van der Waals surface area contributed by atoms with Crippen molar-refractivity contribution in [3.63, 3.8) is 0 Å². The monoisotopic (exact) mass is 254 g/mol. The first kappa shape index (κ1) is 12.6. The van der Waals surface area contributed by atoms with Crippen LogP contribution in [0.25, 0.3) is 10.9 Å². The number of aromatic nitrogens is 1. The molecule has 1 fully saturated rings. The summed E-state index contributed by atoms with van der Waals surface area (Å²) in [6.07, 6.45) is 7.31. The van der Waals surface area contributed by atoms with E-state index in [4.69, 9.17) is 0 Å². The van der Waals surface area contributed by atoms with Crippen molar-refractivity contribution in [3.05, 3.63) is 42.1 Å². The summed E-state index contributed by atoms with van der Waals surface area (Å²) in [4.78, 5) is 4.41. The average Bonchev–Trinajstić information content (AvgIpc) is 2.48. The first-order valence-corrected chi connectivity index (χ1v) is 7.38. The minimum atomic E-state index is 0.714. The Bertz CT molecular complexity index is 548. The maximum atomic E-state index is 4.41. The first-order chi connectivity index (χ1) is 9.38. The average molecular weight is 254 g/mol. The molecule has 2 aromatic rings. The van der Waals surface area contributed by atoms with Gasteiger partial charge in [0.2, 0.25) is 0 Å². The van der Waals surface area contributed by atoms with Gasteiger partial charge in [-0.2, -0.15) is 0 Å². The van der Waals surface area contributed by atoms with E-state index in [2.05, 4.69) is 41.6 Å². The van der Waals surface area contributed by atoms with Crippen molar-refractivity contribution < 1.29 is 0 Å². The highest BCUT2D eigenvalue weighted by Crippen LogP contribution is 2.38. The predicted octanol–water partition coefficient (Wildman–Crippen LogP) is 3.73. The van der Waals surface area contributed by atoms with Crippen LogP contribution in [0.4, 0.5) is 0 Å². The van der Waals surface area contributed by atoms with E-state index in [-0.39, 0.29) is 0 Å². The SMILES string of the molecule is CNCC1CCCCC1c1ccc2ncccc2c1. The quantitative estimate of drug-likeness (QED) is 0.902. The summed E-state index contributed by atoms with van der Waals surface area (Å²) in [5, 5.41) is 4.63. The Morgan fingerprint density at radius 3 is 3.00 bits per heavy atom. The third-order valence-corrected chi connectivity index (χ3v) is 4.43. The fourth-order valence-corrected chi connectivity index (χ4v) is 3.48. The van der Waals surface area contributed by atoms with Crippen LogP contribution >= 0.6 is 0 Å². The second kappa shape index (κ2) is 5.70. The highest BCUT2D eigenvalue weighted by molar-refractivity contribution is 5.79. The minimum absolute atomic E-state index is 0.714. The van der Waals surface area contributed by atoms with Crippen molar-refractivity contribution in [2.45, 2.75) is 31.6 Å². The van der Waals surface area contributed by atoms with Gasteiger partial charge < -0.3 is 5.32 Å². The van der Waals surface area contributed by atoms with Gasteiger partial charge in [0.15, 0.2) is 0 Å². The standard InChI is InChI=1S/C17H22N2/c1-18-12-15-5-2-3-7-16(15)13-8-9-17-14(11-13)6-4-10-19-17/h4,6,8-11,15-16,18H,2-3,5,7,12H2,1H3. The molecule has 2 atom stereocenters. The van der Waals surface area contributed by atoms with Crippen molar-refractivity contribution in [3.8, 4) is 0 Å². The molecule has 1 aromatic carbocycles. The number of benzene rings is 1. The third kappa shape index (κ3) is 2.64. The lowest BCUT2D eigenvalue weighted by atomic mass is 9.75. The number of pyridine rings is 1. The molecule has 2 nitrogen and oxygen atoms in total. The Hall–Kier alpha value is -1.41. The number of hydrogen-bond donors (Lipinski definition) is 1. The molecule has 0 amide bonds. The van der Waals surface area contributed by atoms with Gasteiger partial charge >= 0.3 is 0 Å². The lowest BCUT2D eigenvalue weighted by Gasteiger charge is -2.32. The van der Waals surface area contributed by atoms with Crippen LogP contribution in [-0.4, -0.2) is 18.6 Å². The summed E-state index contributed by atoms with van der Waals surface area (Å²) >= 11 is 0. The molecule has 100 valence electrons. The van der Waals surface area contributed by atoms with Crippen molar-refractivity contribution in [2.24, 2.45) is 5.92 Å². The molecule has 2 unspecified atom stereocenters. The van der Waals surface area contributed by atoms with Gasteiger partial charge in [-0.1, -0.05) is 25.0 Å². The molecular weight excluding hydrogens is 232 g/mol. The van der Waals surface area contributed by atoms with Crippen molar-refractivity contribution in [1.29, 1.82) is 0 Å². The molecule has 0 bridgehead atoms. The Morgan fingerprint density at radius 1 is 1.21 bits per heavy atom. The van der Waals surface area contributed by atoms with Crippen LogP contribution in [0.5, 0.6) is 0 Å². The van der Waals surface area contributed by atoms with E-state index in [0.717, 1.165) is 18.0 Å². The van der Waals surface area contributed by atoms with E-state index in [1.807, 2.05) is 12.3 Å². The normalized spacial score (nSPS) is 23.6. The number of nitrogens with zero attached hydrogens (tertiary/aromatic N) is 1. The number of rotatable bonds is 3. The highest BCUT2D eigenvalue weighted by atomic mass is 14.8. The van der Waals surface area contributed by atoms with Crippen LogP contribution in [0.2, 0.25) is 0 Å². The Labute approximate surface area is 115 Å². The number of hydrogen-bond acceptors (Lipinski definition) is 2. The Morgan fingerprint density at radius 2 is 2.11 bits per heavy atom. The maximum Gasteiger partial charge on any atom is 0.0702 e. The van der Waals surface area contributed by atoms with Gasteiger partial charge in [0, 0.05) is 11.6 Å².